The number of carbonyl (C=O) groups is 3. The molecular formula is C73H126O6. The lowest BCUT2D eigenvalue weighted by atomic mass is 10.0. The molecule has 6 heteroatoms. The van der Waals surface area contributed by atoms with Crippen LogP contribution >= 0.6 is 0 Å². The SMILES string of the molecule is CC/C=C\C/C=C\C/C=C\C/C=C\C/C=C\CCCCCCCCCCCCCCCCCC(=O)OCC(COC(=O)CCCCCCCCCCCCC)OC(=O)CCCCCCCC/C=C\C/C=C\C/C=C\CCCCC. The Bertz CT molecular complexity index is 1540. The second-order valence-corrected chi connectivity index (χ2v) is 22.4. The highest BCUT2D eigenvalue weighted by molar-refractivity contribution is 5.71. The summed E-state index contributed by atoms with van der Waals surface area (Å²) in [5.41, 5.74) is 0. The molecule has 0 amide bonds. The molecule has 0 spiro atoms. The van der Waals surface area contributed by atoms with Crippen LogP contribution in [0, 0.1) is 0 Å². The van der Waals surface area contributed by atoms with E-state index in [1.807, 2.05) is 0 Å². The summed E-state index contributed by atoms with van der Waals surface area (Å²) in [7, 11) is 0. The van der Waals surface area contributed by atoms with E-state index in [-0.39, 0.29) is 31.1 Å². The molecule has 1 atom stereocenters. The van der Waals surface area contributed by atoms with Gasteiger partial charge in [-0.05, 0) is 103 Å². The van der Waals surface area contributed by atoms with Crippen LogP contribution < -0.4 is 0 Å². The number of rotatable bonds is 61. The van der Waals surface area contributed by atoms with Gasteiger partial charge in [0.1, 0.15) is 13.2 Å². The summed E-state index contributed by atoms with van der Waals surface area (Å²) in [5.74, 6) is -0.879. The fourth-order valence-electron chi connectivity index (χ4n) is 9.54. The molecule has 0 aromatic carbocycles. The Kier molecular flexibility index (Phi) is 63.7. The molecule has 0 aliphatic heterocycles. The van der Waals surface area contributed by atoms with Crippen molar-refractivity contribution < 1.29 is 28.6 Å². The third kappa shape index (κ3) is 65.0. The van der Waals surface area contributed by atoms with Crippen LogP contribution in [0.2, 0.25) is 0 Å². The molecule has 0 aliphatic carbocycles. The smallest absolute Gasteiger partial charge is 0.306 e. The van der Waals surface area contributed by atoms with Gasteiger partial charge in [-0.25, -0.2) is 0 Å². The number of hydrogen-bond acceptors (Lipinski definition) is 6. The number of unbranched alkanes of at least 4 members (excludes halogenated alkanes) is 34. The molecule has 0 saturated heterocycles. The zero-order valence-corrected chi connectivity index (χ0v) is 52.1. The van der Waals surface area contributed by atoms with Crippen molar-refractivity contribution in [1.82, 2.24) is 0 Å². The standard InChI is InChI=1S/C73H126O6/c1-4-7-10-13-16-19-22-24-26-28-30-31-32-33-34-35-36-37-38-39-40-41-43-44-46-48-51-54-57-60-63-66-72(75)78-69-70(68-77-71(74)65-62-59-56-53-50-21-18-15-12-9-6-3)79-73(76)67-64-61-58-55-52-49-47-45-42-29-27-25-23-20-17-14-11-8-5-2/h7,10,16-17,19-20,24-27,30-31,33-34,42,45,70H,4-6,8-9,11-15,18,21-23,28-29,32,35-41,43-44,46-69H2,1-3H3/b10-7-,19-16-,20-17-,26-24-,27-25-,31-30-,34-33-,45-42-. The van der Waals surface area contributed by atoms with Crippen LogP contribution in [0.3, 0.4) is 0 Å². The lowest BCUT2D eigenvalue weighted by Crippen LogP contribution is -2.30. The highest BCUT2D eigenvalue weighted by Crippen LogP contribution is 2.17. The van der Waals surface area contributed by atoms with Gasteiger partial charge in [-0.2, -0.15) is 0 Å². The Morgan fingerprint density at radius 1 is 0.266 bits per heavy atom. The number of ether oxygens (including phenoxy) is 3. The second-order valence-electron chi connectivity index (χ2n) is 22.4. The molecule has 79 heavy (non-hydrogen) atoms. The van der Waals surface area contributed by atoms with Crippen molar-refractivity contribution in [2.75, 3.05) is 13.2 Å². The summed E-state index contributed by atoms with van der Waals surface area (Å²) in [5, 5.41) is 0. The lowest BCUT2D eigenvalue weighted by Gasteiger charge is -2.18. The normalized spacial score (nSPS) is 12.7. The third-order valence-corrected chi connectivity index (χ3v) is 14.6. The van der Waals surface area contributed by atoms with E-state index in [4.69, 9.17) is 14.2 Å². The Hall–Kier alpha value is -3.67. The number of hydrogen-bond donors (Lipinski definition) is 0. The van der Waals surface area contributed by atoms with Crippen molar-refractivity contribution in [3.63, 3.8) is 0 Å². The Labute approximate surface area is 489 Å². The maximum atomic E-state index is 12.9. The van der Waals surface area contributed by atoms with Gasteiger partial charge in [0.25, 0.3) is 0 Å². The van der Waals surface area contributed by atoms with Crippen LogP contribution in [0.15, 0.2) is 97.2 Å². The molecule has 0 rings (SSSR count). The predicted octanol–water partition coefficient (Wildman–Crippen LogP) is 23.2. The molecule has 0 radical (unpaired) electrons. The van der Waals surface area contributed by atoms with Gasteiger partial charge in [0, 0.05) is 19.3 Å². The first-order chi connectivity index (χ1) is 39.0. The summed E-state index contributed by atoms with van der Waals surface area (Å²) in [6.45, 7) is 6.51. The van der Waals surface area contributed by atoms with Crippen molar-refractivity contribution in [3.8, 4) is 0 Å². The molecular weight excluding hydrogens is 973 g/mol. The maximum Gasteiger partial charge on any atom is 0.306 e. The van der Waals surface area contributed by atoms with E-state index in [0.717, 1.165) is 116 Å². The minimum Gasteiger partial charge on any atom is -0.462 e. The summed E-state index contributed by atoms with van der Waals surface area (Å²) < 4.78 is 16.9. The second kappa shape index (κ2) is 66.8. The molecule has 0 N–H and O–H groups in total. The van der Waals surface area contributed by atoms with Gasteiger partial charge in [-0.15, -0.1) is 0 Å². The largest absolute Gasteiger partial charge is 0.462 e. The van der Waals surface area contributed by atoms with E-state index in [1.54, 1.807) is 0 Å². The molecule has 0 aromatic heterocycles. The van der Waals surface area contributed by atoms with Crippen molar-refractivity contribution >= 4 is 17.9 Å². The monoisotopic (exact) mass is 1100 g/mol. The Morgan fingerprint density at radius 3 is 0.797 bits per heavy atom. The highest BCUT2D eigenvalue weighted by atomic mass is 16.6. The van der Waals surface area contributed by atoms with Gasteiger partial charge in [0.15, 0.2) is 6.10 Å². The van der Waals surface area contributed by atoms with Crippen LogP contribution in [0.1, 0.15) is 329 Å². The molecule has 0 aromatic rings. The van der Waals surface area contributed by atoms with Crippen molar-refractivity contribution in [2.24, 2.45) is 0 Å². The van der Waals surface area contributed by atoms with Gasteiger partial charge < -0.3 is 14.2 Å². The van der Waals surface area contributed by atoms with Crippen LogP contribution in [-0.2, 0) is 28.6 Å². The molecule has 0 heterocycles. The molecule has 0 saturated carbocycles. The summed E-state index contributed by atoms with van der Waals surface area (Å²) in [6, 6.07) is 0. The number of carbonyl (C=O) groups excluding carboxylic acids is 3. The predicted molar refractivity (Wildman–Crippen MR) is 344 cm³/mol. The minimum absolute atomic E-state index is 0.0787. The van der Waals surface area contributed by atoms with Crippen LogP contribution in [0.4, 0.5) is 0 Å². The zero-order valence-electron chi connectivity index (χ0n) is 52.1. The van der Waals surface area contributed by atoms with E-state index < -0.39 is 6.10 Å². The topological polar surface area (TPSA) is 78.9 Å². The molecule has 454 valence electrons. The quantitative estimate of drug-likeness (QED) is 0.0261. The minimum atomic E-state index is -0.783. The van der Waals surface area contributed by atoms with Gasteiger partial charge in [0.2, 0.25) is 0 Å². The van der Waals surface area contributed by atoms with E-state index in [2.05, 4.69) is 118 Å². The van der Waals surface area contributed by atoms with Crippen molar-refractivity contribution in [1.29, 1.82) is 0 Å². The van der Waals surface area contributed by atoms with Crippen LogP contribution in [0.25, 0.3) is 0 Å². The van der Waals surface area contributed by atoms with E-state index >= 15 is 0 Å². The Balaban J connectivity index is 4.20. The Morgan fingerprint density at radius 2 is 0.494 bits per heavy atom. The first-order valence-corrected chi connectivity index (χ1v) is 33.7. The molecule has 0 bridgehead atoms. The number of allylic oxidation sites excluding steroid dienone is 16. The average molecular weight is 1100 g/mol. The summed E-state index contributed by atoms with van der Waals surface area (Å²) in [4.78, 5) is 38.3. The van der Waals surface area contributed by atoms with Crippen molar-refractivity contribution in [2.45, 2.75) is 335 Å². The van der Waals surface area contributed by atoms with Crippen molar-refractivity contribution in [3.05, 3.63) is 97.2 Å². The first-order valence-electron chi connectivity index (χ1n) is 33.7. The fraction of sp³-hybridized carbons (Fsp3) is 0.740. The molecule has 6 nitrogen and oxygen atoms in total. The average Bonchev–Trinajstić information content (AvgIpc) is 3.45. The molecule has 0 fully saturated rings. The van der Waals surface area contributed by atoms with Gasteiger partial charge in [-0.1, -0.05) is 304 Å². The van der Waals surface area contributed by atoms with E-state index in [1.165, 1.54) is 173 Å². The lowest BCUT2D eigenvalue weighted by molar-refractivity contribution is -0.167. The van der Waals surface area contributed by atoms with E-state index in [0.29, 0.717) is 19.3 Å². The van der Waals surface area contributed by atoms with Gasteiger partial charge in [0.05, 0.1) is 0 Å². The molecule has 1 unspecified atom stereocenters. The fourth-order valence-corrected chi connectivity index (χ4v) is 9.54. The van der Waals surface area contributed by atoms with Crippen LogP contribution in [0.5, 0.6) is 0 Å². The van der Waals surface area contributed by atoms with Crippen LogP contribution in [-0.4, -0.2) is 37.2 Å². The number of esters is 3. The third-order valence-electron chi connectivity index (χ3n) is 14.6. The zero-order chi connectivity index (χ0) is 57.1. The van der Waals surface area contributed by atoms with Gasteiger partial charge >= 0.3 is 17.9 Å². The van der Waals surface area contributed by atoms with Gasteiger partial charge in [-0.3, -0.25) is 14.4 Å². The van der Waals surface area contributed by atoms with E-state index in [9.17, 15) is 14.4 Å². The summed E-state index contributed by atoms with van der Waals surface area (Å²) in [6.07, 6.45) is 90.0. The first kappa shape index (κ1) is 75.3. The maximum absolute atomic E-state index is 12.9. The summed E-state index contributed by atoms with van der Waals surface area (Å²) >= 11 is 0. The molecule has 0 aliphatic rings. The highest BCUT2D eigenvalue weighted by Gasteiger charge is 2.19.